The Morgan fingerprint density at radius 1 is 1.75 bits per heavy atom. The Morgan fingerprint density at radius 3 is 3.19 bits per heavy atom. The highest BCUT2D eigenvalue weighted by Gasteiger charge is 2.17. The minimum Gasteiger partial charge on any atom is -0.379 e. The van der Waals surface area contributed by atoms with Crippen molar-refractivity contribution in [1.29, 1.82) is 0 Å². The van der Waals surface area contributed by atoms with Crippen LogP contribution in [0.25, 0.3) is 0 Å². The second-order valence-corrected chi connectivity index (χ2v) is 5.23. The quantitative estimate of drug-likeness (QED) is 0.900. The fourth-order valence-corrected chi connectivity index (χ4v) is 3.01. The second kappa shape index (κ2) is 5.10. The minimum absolute atomic E-state index is 0.222. The average molecular weight is 260 g/mol. The molecule has 0 spiro atoms. The molecule has 0 bridgehead atoms. The van der Waals surface area contributed by atoms with E-state index in [-0.39, 0.29) is 10.6 Å². The number of anilines is 1. The van der Waals surface area contributed by atoms with Gasteiger partial charge in [0, 0.05) is 18.3 Å². The molecule has 1 aliphatic heterocycles. The van der Waals surface area contributed by atoms with Crippen molar-refractivity contribution in [2.45, 2.75) is 25.9 Å². The molecule has 4 nitrogen and oxygen atoms in total. The summed E-state index contributed by atoms with van der Waals surface area (Å²) >= 11 is 7.92. The molecule has 0 aliphatic carbocycles. The summed E-state index contributed by atoms with van der Waals surface area (Å²) in [7, 11) is 0. The molecule has 6 heteroatoms. The minimum atomic E-state index is -0.222. The van der Waals surface area contributed by atoms with Crippen molar-refractivity contribution < 1.29 is 0 Å². The summed E-state index contributed by atoms with van der Waals surface area (Å²) in [5.74, 6) is 2.22. The summed E-state index contributed by atoms with van der Waals surface area (Å²) in [6.07, 6.45) is 2.74. The zero-order chi connectivity index (χ0) is 11.5. The fourth-order valence-electron chi connectivity index (χ4n) is 1.66. The predicted molar refractivity (Wildman–Crippen MR) is 68.5 cm³/mol. The molecule has 88 valence electrons. The van der Waals surface area contributed by atoms with Gasteiger partial charge in [0.15, 0.2) is 0 Å². The van der Waals surface area contributed by atoms with Gasteiger partial charge in [0.05, 0.1) is 11.9 Å². The van der Waals surface area contributed by atoms with Crippen molar-refractivity contribution in [3.8, 4) is 0 Å². The van der Waals surface area contributed by atoms with Crippen molar-refractivity contribution in [3.05, 3.63) is 21.6 Å². The summed E-state index contributed by atoms with van der Waals surface area (Å²) in [5, 5.41) is 7.57. The van der Waals surface area contributed by atoms with Gasteiger partial charge in [-0.25, -0.2) is 4.68 Å². The SMILES string of the molecule is CCn1ncc(NC2CCSC2)c(Cl)c1=O. The van der Waals surface area contributed by atoms with Gasteiger partial charge in [0.1, 0.15) is 5.02 Å². The van der Waals surface area contributed by atoms with E-state index in [0.29, 0.717) is 18.3 Å². The number of nitrogens with zero attached hydrogens (tertiary/aromatic N) is 2. The number of hydrogen-bond donors (Lipinski definition) is 1. The van der Waals surface area contributed by atoms with Gasteiger partial charge in [0.2, 0.25) is 0 Å². The normalized spacial score (nSPS) is 20.0. The molecule has 0 saturated carbocycles. The van der Waals surface area contributed by atoms with Gasteiger partial charge < -0.3 is 5.32 Å². The first-order chi connectivity index (χ1) is 7.72. The van der Waals surface area contributed by atoms with Crippen LogP contribution in [0.2, 0.25) is 5.02 Å². The van der Waals surface area contributed by atoms with Gasteiger partial charge in [-0.15, -0.1) is 0 Å². The van der Waals surface area contributed by atoms with E-state index in [0.717, 1.165) is 17.9 Å². The summed E-state index contributed by atoms with van der Waals surface area (Å²) < 4.78 is 1.36. The van der Waals surface area contributed by atoms with Gasteiger partial charge in [0.25, 0.3) is 5.56 Å². The van der Waals surface area contributed by atoms with Crippen molar-refractivity contribution in [1.82, 2.24) is 9.78 Å². The number of hydrogen-bond acceptors (Lipinski definition) is 4. The molecule has 0 aromatic carbocycles. The van der Waals surface area contributed by atoms with Crippen LogP contribution in [0.5, 0.6) is 0 Å². The van der Waals surface area contributed by atoms with E-state index in [1.54, 1.807) is 6.20 Å². The highest BCUT2D eigenvalue weighted by molar-refractivity contribution is 7.99. The lowest BCUT2D eigenvalue weighted by Crippen LogP contribution is -2.26. The van der Waals surface area contributed by atoms with E-state index >= 15 is 0 Å². The molecule has 1 N–H and O–H groups in total. The highest BCUT2D eigenvalue weighted by Crippen LogP contribution is 2.23. The summed E-state index contributed by atoms with van der Waals surface area (Å²) in [4.78, 5) is 11.7. The Morgan fingerprint density at radius 2 is 2.56 bits per heavy atom. The topological polar surface area (TPSA) is 46.9 Å². The van der Waals surface area contributed by atoms with Crippen molar-refractivity contribution in [2.24, 2.45) is 0 Å². The maximum atomic E-state index is 11.7. The number of aromatic nitrogens is 2. The smallest absolute Gasteiger partial charge is 0.287 e. The summed E-state index contributed by atoms with van der Waals surface area (Å²) in [6, 6.07) is 0.404. The van der Waals surface area contributed by atoms with E-state index in [1.807, 2.05) is 18.7 Å². The Hall–Kier alpha value is -0.680. The third kappa shape index (κ3) is 2.35. The van der Waals surface area contributed by atoms with Crippen LogP contribution in [0.1, 0.15) is 13.3 Å². The lowest BCUT2D eigenvalue weighted by atomic mass is 10.2. The Labute approximate surface area is 103 Å². The molecule has 16 heavy (non-hydrogen) atoms. The molecular weight excluding hydrogens is 246 g/mol. The van der Waals surface area contributed by atoms with E-state index in [9.17, 15) is 4.79 Å². The van der Waals surface area contributed by atoms with E-state index in [1.165, 1.54) is 4.68 Å². The van der Waals surface area contributed by atoms with Crippen LogP contribution >= 0.6 is 23.4 Å². The molecule has 1 unspecified atom stereocenters. The van der Waals surface area contributed by atoms with E-state index < -0.39 is 0 Å². The van der Waals surface area contributed by atoms with Crippen LogP contribution in [0, 0.1) is 0 Å². The maximum absolute atomic E-state index is 11.7. The maximum Gasteiger partial charge on any atom is 0.287 e. The number of aryl methyl sites for hydroxylation is 1. The van der Waals surface area contributed by atoms with Crippen molar-refractivity contribution >= 4 is 29.1 Å². The third-order valence-electron chi connectivity index (χ3n) is 2.57. The summed E-state index contributed by atoms with van der Waals surface area (Å²) in [6.45, 7) is 2.41. The predicted octanol–water partition coefficient (Wildman–Crippen LogP) is 1.83. The van der Waals surface area contributed by atoms with Gasteiger partial charge in [-0.1, -0.05) is 11.6 Å². The first kappa shape index (κ1) is 11.8. The average Bonchev–Trinajstić information content (AvgIpc) is 2.78. The van der Waals surface area contributed by atoms with Crippen molar-refractivity contribution in [2.75, 3.05) is 16.8 Å². The molecule has 1 aliphatic rings. The van der Waals surface area contributed by atoms with Gasteiger partial charge >= 0.3 is 0 Å². The highest BCUT2D eigenvalue weighted by atomic mass is 35.5. The Balaban J connectivity index is 2.21. The number of nitrogens with one attached hydrogen (secondary N) is 1. The van der Waals surface area contributed by atoms with Crippen LogP contribution in [0.15, 0.2) is 11.0 Å². The molecule has 1 fully saturated rings. The lowest BCUT2D eigenvalue weighted by Gasteiger charge is -2.14. The molecule has 1 saturated heterocycles. The third-order valence-corrected chi connectivity index (χ3v) is 4.10. The number of rotatable bonds is 3. The molecule has 2 heterocycles. The van der Waals surface area contributed by atoms with Crippen LogP contribution in [-0.2, 0) is 6.54 Å². The van der Waals surface area contributed by atoms with Crippen LogP contribution < -0.4 is 10.9 Å². The largest absolute Gasteiger partial charge is 0.379 e. The monoisotopic (exact) mass is 259 g/mol. The van der Waals surface area contributed by atoms with Crippen LogP contribution in [0.4, 0.5) is 5.69 Å². The first-order valence-corrected chi connectivity index (χ1v) is 6.85. The number of halogens is 1. The molecular formula is C10H14ClN3OS. The van der Waals surface area contributed by atoms with Crippen LogP contribution in [0.3, 0.4) is 0 Å². The first-order valence-electron chi connectivity index (χ1n) is 5.32. The van der Waals surface area contributed by atoms with Gasteiger partial charge in [-0.3, -0.25) is 4.79 Å². The van der Waals surface area contributed by atoms with E-state index in [4.69, 9.17) is 11.6 Å². The molecule has 2 rings (SSSR count). The Bertz CT molecular complexity index is 429. The number of thioether (sulfide) groups is 1. The molecule has 1 aromatic rings. The van der Waals surface area contributed by atoms with E-state index in [2.05, 4.69) is 10.4 Å². The molecule has 0 radical (unpaired) electrons. The molecule has 1 aromatic heterocycles. The lowest BCUT2D eigenvalue weighted by molar-refractivity contribution is 0.615. The second-order valence-electron chi connectivity index (χ2n) is 3.70. The Kier molecular flexibility index (Phi) is 3.76. The zero-order valence-corrected chi connectivity index (χ0v) is 10.6. The van der Waals surface area contributed by atoms with Crippen molar-refractivity contribution in [3.63, 3.8) is 0 Å². The molecule has 0 amide bonds. The van der Waals surface area contributed by atoms with Gasteiger partial charge in [-0.05, 0) is 19.1 Å². The standard InChI is InChI=1S/C10H14ClN3OS/c1-2-14-10(15)9(11)8(5-12-14)13-7-3-4-16-6-7/h5,7,13H,2-4,6H2,1H3. The molecule has 1 atom stereocenters. The zero-order valence-electron chi connectivity index (χ0n) is 9.07. The fraction of sp³-hybridized carbons (Fsp3) is 0.600. The van der Waals surface area contributed by atoms with Gasteiger partial charge in [-0.2, -0.15) is 16.9 Å². The summed E-state index contributed by atoms with van der Waals surface area (Å²) in [5.41, 5.74) is 0.434. The van der Waals surface area contributed by atoms with Crippen LogP contribution in [-0.4, -0.2) is 27.3 Å².